The highest BCUT2D eigenvalue weighted by Crippen LogP contribution is 2.23. The average Bonchev–Trinajstić information content (AvgIpc) is 2.30. The summed E-state index contributed by atoms with van der Waals surface area (Å²) in [6, 6.07) is 6.83. The molecule has 1 unspecified atom stereocenters. The third-order valence-electron chi connectivity index (χ3n) is 3.22. The van der Waals surface area contributed by atoms with Gasteiger partial charge in [0.15, 0.2) is 0 Å². The van der Waals surface area contributed by atoms with Crippen LogP contribution in [0.2, 0.25) is 0 Å². The summed E-state index contributed by atoms with van der Waals surface area (Å²) in [5.41, 5.74) is 3.69. The predicted octanol–water partition coefficient (Wildman–Crippen LogP) is 3.14. The van der Waals surface area contributed by atoms with Crippen molar-refractivity contribution < 1.29 is 4.74 Å². The Bertz CT molecular complexity index is 375. The molecule has 0 aromatic heterocycles. The minimum absolute atomic E-state index is 0.346. The summed E-state index contributed by atoms with van der Waals surface area (Å²) in [6.45, 7) is 7.28. The van der Waals surface area contributed by atoms with Crippen LogP contribution in [0.5, 0.6) is 0 Å². The Hall–Kier alpha value is -1.22. The fourth-order valence-electron chi connectivity index (χ4n) is 1.87. The lowest BCUT2D eigenvalue weighted by Crippen LogP contribution is -2.30. The molecule has 0 aliphatic rings. The van der Waals surface area contributed by atoms with E-state index in [4.69, 9.17) is 4.74 Å². The molecule has 0 radical (unpaired) electrons. The van der Waals surface area contributed by atoms with Gasteiger partial charge in [-0.3, -0.25) is 0 Å². The third-order valence-corrected chi connectivity index (χ3v) is 3.22. The van der Waals surface area contributed by atoms with E-state index in [0.717, 1.165) is 6.61 Å². The molecule has 3 nitrogen and oxygen atoms in total. The first kappa shape index (κ1) is 14.8. The maximum Gasteiger partial charge on any atom is 0.0666 e. The number of nitrogens with one attached hydrogen (secondary N) is 1. The Morgan fingerprint density at radius 2 is 1.94 bits per heavy atom. The van der Waals surface area contributed by atoms with Crippen LogP contribution in [0.15, 0.2) is 18.2 Å². The zero-order valence-electron chi connectivity index (χ0n) is 12.4. The maximum absolute atomic E-state index is 5.27. The second kappa shape index (κ2) is 6.64. The van der Waals surface area contributed by atoms with E-state index < -0.39 is 0 Å². The van der Waals surface area contributed by atoms with Gasteiger partial charge in [-0.1, -0.05) is 13.8 Å². The molecule has 102 valence electrons. The van der Waals surface area contributed by atoms with E-state index in [0.29, 0.717) is 12.0 Å². The molecule has 0 bridgehead atoms. The largest absolute Gasteiger partial charge is 0.383 e. The number of rotatable bonds is 6. The van der Waals surface area contributed by atoms with Crippen LogP contribution in [-0.4, -0.2) is 33.9 Å². The van der Waals surface area contributed by atoms with Crippen LogP contribution >= 0.6 is 0 Å². The molecule has 0 saturated carbocycles. The van der Waals surface area contributed by atoms with Gasteiger partial charge in [0.1, 0.15) is 0 Å². The fourth-order valence-corrected chi connectivity index (χ4v) is 1.87. The first-order valence-electron chi connectivity index (χ1n) is 6.49. The number of hydrogen-bond acceptors (Lipinski definition) is 3. The molecule has 1 aromatic rings. The monoisotopic (exact) mass is 250 g/mol. The van der Waals surface area contributed by atoms with Crippen molar-refractivity contribution in [3.05, 3.63) is 23.8 Å². The van der Waals surface area contributed by atoms with Gasteiger partial charge in [0.25, 0.3) is 0 Å². The quantitative estimate of drug-likeness (QED) is 0.839. The predicted molar refractivity (Wildman–Crippen MR) is 79.6 cm³/mol. The van der Waals surface area contributed by atoms with Crippen LogP contribution < -0.4 is 10.2 Å². The van der Waals surface area contributed by atoms with Crippen molar-refractivity contribution in [2.75, 3.05) is 38.0 Å². The van der Waals surface area contributed by atoms with Crippen LogP contribution in [-0.2, 0) is 4.74 Å². The van der Waals surface area contributed by atoms with Crippen molar-refractivity contribution in [2.45, 2.75) is 26.8 Å². The lowest BCUT2D eigenvalue weighted by atomic mass is 10.0. The molecule has 1 N–H and O–H groups in total. The van der Waals surface area contributed by atoms with E-state index in [1.165, 1.54) is 16.9 Å². The molecule has 0 amide bonds. The molecule has 1 atom stereocenters. The summed E-state index contributed by atoms with van der Waals surface area (Å²) in [5.74, 6) is 0.540. The van der Waals surface area contributed by atoms with Crippen molar-refractivity contribution in [3.63, 3.8) is 0 Å². The summed E-state index contributed by atoms with van der Waals surface area (Å²) in [6.07, 6.45) is 0. The lowest BCUT2D eigenvalue weighted by Gasteiger charge is -2.24. The second-order valence-electron chi connectivity index (χ2n) is 5.34. The first-order chi connectivity index (χ1) is 8.45. The van der Waals surface area contributed by atoms with E-state index in [9.17, 15) is 0 Å². The molecule has 0 aliphatic carbocycles. The molecule has 0 aliphatic heterocycles. The average molecular weight is 250 g/mol. The second-order valence-corrected chi connectivity index (χ2v) is 5.34. The minimum Gasteiger partial charge on any atom is -0.383 e. The van der Waals surface area contributed by atoms with Gasteiger partial charge >= 0.3 is 0 Å². The number of hydrogen-bond donors (Lipinski definition) is 1. The Labute approximate surface area is 111 Å². The van der Waals surface area contributed by atoms with E-state index in [-0.39, 0.29) is 0 Å². The third kappa shape index (κ3) is 3.91. The van der Waals surface area contributed by atoms with Crippen LogP contribution in [0.3, 0.4) is 0 Å². The van der Waals surface area contributed by atoms with Crippen LogP contribution in [0.4, 0.5) is 11.4 Å². The van der Waals surface area contributed by atoms with Crippen molar-refractivity contribution in [2.24, 2.45) is 5.92 Å². The van der Waals surface area contributed by atoms with Crippen molar-refractivity contribution in [1.82, 2.24) is 0 Å². The highest BCUT2D eigenvalue weighted by atomic mass is 16.5. The number of methoxy groups -OCH3 is 1. The van der Waals surface area contributed by atoms with Gasteiger partial charge in [0.2, 0.25) is 0 Å². The molecule has 18 heavy (non-hydrogen) atoms. The minimum atomic E-state index is 0.346. The molecule has 3 heteroatoms. The Kier molecular flexibility index (Phi) is 5.48. The zero-order valence-corrected chi connectivity index (χ0v) is 12.4. The SMILES string of the molecule is COCC(Nc1ccc(N(C)C)cc1C)C(C)C. The molecular formula is C15H26N2O. The summed E-state index contributed by atoms with van der Waals surface area (Å²) in [5, 5.41) is 3.57. The van der Waals surface area contributed by atoms with Gasteiger partial charge in [-0.15, -0.1) is 0 Å². The number of benzene rings is 1. The molecule has 0 spiro atoms. The van der Waals surface area contributed by atoms with Gasteiger partial charge in [-0.25, -0.2) is 0 Å². The van der Waals surface area contributed by atoms with E-state index in [1.807, 2.05) is 0 Å². The van der Waals surface area contributed by atoms with Gasteiger partial charge < -0.3 is 15.0 Å². The number of nitrogens with zero attached hydrogens (tertiary/aromatic N) is 1. The molecule has 0 saturated heterocycles. The summed E-state index contributed by atoms with van der Waals surface area (Å²) in [7, 11) is 5.87. The van der Waals surface area contributed by atoms with Gasteiger partial charge in [0, 0.05) is 32.6 Å². The summed E-state index contributed by atoms with van der Waals surface area (Å²) in [4.78, 5) is 2.12. The first-order valence-corrected chi connectivity index (χ1v) is 6.49. The van der Waals surface area contributed by atoms with Gasteiger partial charge in [-0.05, 0) is 36.6 Å². The van der Waals surface area contributed by atoms with Crippen LogP contribution in [0.25, 0.3) is 0 Å². The van der Waals surface area contributed by atoms with Gasteiger partial charge in [-0.2, -0.15) is 0 Å². The Balaban J connectivity index is 2.83. The topological polar surface area (TPSA) is 24.5 Å². The maximum atomic E-state index is 5.27. The fraction of sp³-hybridized carbons (Fsp3) is 0.600. The highest BCUT2D eigenvalue weighted by molar-refractivity contribution is 5.60. The van der Waals surface area contributed by atoms with Crippen LogP contribution in [0, 0.1) is 12.8 Å². The molecular weight excluding hydrogens is 224 g/mol. The Morgan fingerprint density at radius 3 is 2.39 bits per heavy atom. The highest BCUT2D eigenvalue weighted by Gasteiger charge is 2.13. The number of ether oxygens (including phenoxy) is 1. The summed E-state index contributed by atoms with van der Waals surface area (Å²) >= 11 is 0. The molecule has 1 aromatic carbocycles. The number of aryl methyl sites for hydroxylation is 1. The van der Waals surface area contributed by atoms with Crippen molar-refractivity contribution in [3.8, 4) is 0 Å². The number of anilines is 2. The van der Waals surface area contributed by atoms with E-state index in [1.54, 1.807) is 7.11 Å². The molecule has 0 heterocycles. The van der Waals surface area contributed by atoms with Gasteiger partial charge in [0.05, 0.1) is 12.6 Å². The zero-order chi connectivity index (χ0) is 13.7. The standard InChI is InChI=1S/C15H26N2O/c1-11(2)15(10-18-6)16-14-8-7-13(17(4)5)9-12(14)3/h7-9,11,15-16H,10H2,1-6H3. The van der Waals surface area contributed by atoms with E-state index in [2.05, 4.69) is 63.3 Å². The van der Waals surface area contributed by atoms with Crippen LogP contribution in [0.1, 0.15) is 19.4 Å². The Morgan fingerprint density at radius 1 is 1.28 bits per heavy atom. The smallest absolute Gasteiger partial charge is 0.0666 e. The normalized spacial score (nSPS) is 12.6. The van der Waals surface area contributed by atoms with Crippen molar-refractivity contribution >= 4 is 11.4 Å². The lowest BCUT2D eigenvalue weighted by molar-refractivity contribution is 0.171. The van der Waals surface area contributed by atoms with E-state index >= 15 is 0 Å². The molecule has 1 rings (SSSR count). The molecule has 0 fully saturated rings. The summed E-state index contributed by atoms with van der Waals surface area (Å²) < 4.78 is 5.27. The van der Waals surface area contributed by atoms with Crippen molar-refractivity contribution in [1.29, 1.82) is 0 Å².